The van der Waals surface area contributed by atoms with E-state index in [1.54, 1.807) is 24.3 Å². The lowest BCUT2D eigenvalue weighted by molar-refractivity contribution is 0.0601. The van der Waals surface area contributed by atoms with Crippen molar-refractivity contribution < 1.29 is 9.53 Å². The molecule has 0 aliphatic carbocycles. The van der Waals surface area contributed by atoms with Crippen LogP contribution >= 0.6 is 27.5 Å². The van der Waals surface area contributed by atoms with Crippen molar-refractivity contribution in [1.82, 2.24) is 0 Å². The molecule has 0 radical (unpaired) electrons. The van der Waals surface area contributed by atoms with E-state index in [9.17, 15) is 4.79 Å². The molecule has 4 nitrogen and oxygen atoms in total. The number of benzene rings is 2. The first kappa shape index (κ1) is 14.7. The van der Waals surface area contributed by atoms with E-state index in [1.165, 1.54) is 7.11 Å². The summed E-state index contributed by atoms with van der Waals surface area (Å²) < 4.78 is 5.46. The van der Waals surface area contributed by atoms with Crippen LogP contribution in [0.5, 0.6) is 0 Å². The van der Waals surface area contributed by atoms with Gasteiger partial charge >= 0.3 is 5.97 Å². The number of esters is 1. The second kappa shape index (κ2) is 6.15. The number of methoxy groups -OCH3 is 1. The fourth-order valence-electron chi connectivity index (χ4n) is 1.65. The van der Waals surface area contributed by atoms with Gasteiger partial charge in [0.1, 0.15) is 0 Å². The lowest BCUT2D eigenvalue weighted by Gasteiger charge is -2.11. The van der Waals surface area contributed by atoms with Gasteiger partial charge in [0.15, 0.2) is 0 Å². The Kier molecular flexibility index (Phi) is 4.52. The maximum atomic E-state index is 11.4. The largest absolute Gasteiger partial charge is 0.465 e. The molecule has 2 aromatic rings. The number of rotatable bonds is 3. The Labute approximate surface area is 130 Å². The molecule has 0 aliphatic heterocycles. The van der Waals surface area contributed by atoms with E-state index >= 15 is 0 Å². The van der Waals surface area contributed by atoms with E-state index in [0.29, 0.717) is 22.0 Å². The third kappa shape index (κ3) is 3.23. The second-order valence-corrected chi connectivity index (χ2v) is 5.31. The van der Waals surface area contributed by atoms with Crippen LogP contribution in [0.15, 0.2) is 40.9 Å². The van der Waals surface area contributed by atoms with Crippen LogP contribution < -0.4 is 11.1 Å². The van der Waals surface area contributed by atoms with Crippen LogP contribution in [-0.2, 0) is 4.74 Å². The molecular formula is C14H12BrClN2O2. The number of hydrogen-bond donors (Lipinski definition) is 2. The molecule has 0 bridgehead atoms. The number of carbonyl (C=O) groups is 1. The zero-order valence-electron chi connectivity index (χ0n) is 10.6. The number of halogens is 2. The molecule has 0 saturated heterocycles. The van der Waals surface area contributed by atoms with Gasteiger partial charge in [-0.1, -0.05) is 11.6 Å². The van der Waals surface area contributed by atoms with E-state index in [1.807, 2.05) is 12.1 Å². The average molecular weight is 356 g/mol. The van der Waals surface area contributed by atoms with Gasteiger partial charge in [-0.2, -0.15) is 0 Å². The summed E-state index contributed by atoms with van der Waals surface area (Å²) in [7, 11) is 1.33. The Bertz CT molecular complexity index is 662. The van der Waals surface area contributed by atoms with Crippen LogP contribution in [0.4, 0.5) is 17.1 Å². The first-order valence-corrected chi connectivity index (χ1v) is 6.88. The summed E-state index contributed by atoms with van der Waals surface area (Å²) in [4.78, 5) is 11.4. The molecule has 104 valence electrons. The lowest BCUT2D eigenvalue weighted by atomic mass is 10.1. The van der Waals surface area contributed by atoms with Crippen LogP contribution in [0.1, 0.15) is 10.4 Å². The Morgan fingerprint density at radius 3 is 2.65 bits per heavy atom. The van der Waals surface area contributed by atoms with Gasteiger partial charge < -0.3 is 15.8 Å². The number of nitrogens with two attached hydrogens (primary N) is 1. The Morgan fingerprint density at radius 1 is 1.30 bits per heavy atom. The predicted octanol–water partition coefficient (Wildman–Crippen LogP) is 4.21. The predicted molar refractivity (Wildman–Crippen MR) is 84.6 cm³/mol. The quantitative estimate of drug-likeness (QED) is 0.639. The average Bonchev–Trinajstić information content (AvgIpc) is 2.44. The first-order valence-electron chi connectivity index (χ1n) is 5.71. The maximum Gasteiger partial charge on any atom is 0.337 e. The highest BCUT2D eigenvalue weighted by Gasteiger charge is 2.08. The molecular weight excluding hydrogens is 344 g/mol. The third-order valence-corrected chi connectivity index (χ3v) is 3.90. The van der Waals surface area contributed by atoms with Gasteiger partial charge in [0.2, 0.25) is 0 Å². The molecule has 0 aromatic heterocycles. The van der Waals surface area contributed by atoms with Crippen molar-refractivity contribution >= 4 is 50.6 Å². The SMILES string of the molecule is COC(=O)c1ccc(Nc2ccc(Br)c(Cl)c2)c(N)c1. The Balaban J connectivity index is 2.25. The topological polar surface area (TPSA) is 64.3 Å². The minimum atomic E-state index is -0.421. The fourth-order valence-corrected chi connectivity index (χ4v) is 2.08. The van der Waals surface area contributed by atoms with Crippen LogP contribution in [-0.4, -0.2) is 13.1 Å². The molecule has 2 rings (SSSR count). The van der Waals surface area contributed by atoms with Crippen molar-refractivity contribution in [2.45, 2.75) is 0 Å². The lowest BCUT2D eigenvalue weighted by Crippen LogP contribution is -2.03. The minimum Gasteiger partial charge on any atom is -0.465 e. The van der Waals surface area contributed by atoms with Crippen molar-refractivity contribution in [2.75, 3.05) is 18.2 Å². The number of hydrogen-bond acceptors (Lipinski definition) is 4. The number of carbonyl (C=O) groups excluding carboxylic acids is 1. The summed E-state index contributed by atoms with van der Waals surface area (Å²) in [5.74, 6) is -0.421. The van der Waals surface area contributed by atoms with E-state index in [0.717, 1.165) is 10.2 Å². The van der Waals surface area contributed by atoms with Gasteiger partial charge in [-0.05, 0) is 52.3 Å². The highest BCUT2D eigenvalue weighted by Crippen LogP contribution is 2.29. The minimum absolute atomic E-state index is 0.407. The van der Waals surface area contributed by atoms with Gasteiger partial charge in [-0.15, -0.1) is 0 Å². The van der Waals surface area contributed by atoms with Gasteiger partial charge in [0, 0.05) is 10.2 Å². The molecule has 0 unspecified atom stereocenters. The van der Waals surface area contributed by atoms with Crippen molar-refractivity contribution in [3.63, 3.8) is 0 Å². The van der Waals surface area contributed by atoms with Gasteiger partial charge in [-0.3, -0.25) is 0 Å². The first-order chi connectivity index (χ1) is 9.51. The van der Waals surface area contributed by atoms with Gasteiger partial charge in [-0.25, -0.2) is 4.79 Å². The molecule has 3 N–H and O–H groups in total. The monoisotopic (exact) mass is 354 g/mol. The number of anilines is 3. The summed E-state index contributed by atoms with van der Waals surface area (Å²) in [6.45, 7) is 0. The molecule has 6 heteroatoms. The number of ether oxygens (including phenoxy) is 1. The van der Waals surface area contributed by atoms with Gasteiger partial charge in [0.25, 0.3) is 0 Å². The van der Waals surface area contributed by atoms with Crippen molar-refractivity contribution in [1.29, 1.82) is 0 Å². The molecule has 0 fully saturated rings. The summed E-state index contributed by atoms with van der Waals surface area (Å²) in [6.07, 6.45) is 0. The Hall–Kier alpha value is -1.72. The maximum absolute atomic E-state index is 11.4. The van der Waals surface area contributed by atoms with Crippen molar-refractivity contribution in [3.05, 3.63) is 51.5 Å². The summed E-state index contributed by atoms with van der Waals surface area (Å²) in [5, 5.41) is 3.74. The molecule has 20 heavy (non-hydrogen) atoms. The van der Waals surface area contributed by atoms with Crippen LogP contribution in [0.2, 0.25) is 5.02 Å². The molecule has 0 amide bonds. The van der Waals surface area contributed by atoms with Crippen molar-refractivity contribution in [2.24, 2.45) is 0 Å². The normalized spacial score (nSPS) is 10.2. The third-order valence-electron chi connectivity index (χ3n) is 2.67. The zero-order chi connectivity index (χ0) is 14.7. The van der Waals surface area contributed by atoms with E-state index < -0.39 is 5.97 Å². The summed E-state index contributed by atoms with van der Waals surface area (Å²) in [5.41, 5.74) is 8.27. The number of nitrogens with one attached hydrogen (secondary N) is 1. The fraction of sp³-hybridized carbons (Fsp3) is 0.0714. The van der Waals surface area contributed by atoms with E-state index in [2.05, 4.69) is 26.0 Å². The Morgan fingerprint density at radius 2 is 2.05 bits per heavy atom. The molecule has 0 aliphatic rings. The highest BCUT2D eigenvalue weighted by molar-refractivity contribution is 9.10. The summed E-state index contributed by atoms with van der Waals surface area (Å²) in [6, 6.07) is 10.4. The van der Waals surface area contributed by atoms with Gasteiger partial charge in [0.05, 0.1) is 29.1 Å². The van der Waals surface area contributed by atoms with Crippen LogP contribution in [0.3, 0.4) is 0 Å². The molecule has 0 spiro atoms. The van der Waals surface area contributed by atoms with Crippen LogP contribution in [0, 0.1) is 0 Å². The van der Waals surface area contributed by atoms with Crippen molar-refractivity contribution in [3.8, 4) is 0 Å². The van der Waals surface area contributed by atoms with E-state index in [-0.39, 0.29) is 0 Å². The molecule has 2 aromatic carbocycles. The van der Waals surface area contributed by atoms with Crippen LogP contribution in [0.25, 0.3) is 0 Å². The molecule has 0 saturated carbocycles. The standard InChI is InChI=1S/C14H12BrClN2O2/c1-20-14(19)8-2-5-13(12(17)6-8)18-9-3-4-10(15)11(16)7-9/h2-7,18H,17H2,1H3. The summed E-state index contributed by atoms with van der Waals surface area (Å²) >= 11 is 9.35. The smallest absolute Gasteiger partial charge is 0.337 e. The van der Waals surface area contributed by atoms with E-state index in [4.69, 9.17) is 17.3 Å². The molecule has 0 heterocycles. The zero-order valence-corrected chi connectivity index (χ0v) is 13.0. The highest BCUT2D eigenvalue weighted by atomic mass is 79.9. The number of nitrogen functional groups attached to an aromatic ring is 1. The second-order valence-electron chi connectivity index (χ2n) is 4.05. The molecule has 0 atom stereocenters.